The van der Waals surface area contributed by atoms with E-state index in [9.17, 15) is 10.1 Å². The van der Waals surface area contributed by atoms with Crippen LogP contribution in [0.2, 0.25) is 0 Å². The molecule has 1 aromatic carbocycles. The van der Waals surface area contributed by atoms with E-state index in [-0.39, 0.29) is 11.2 Å². The van der Waals surface area contributed by atoms with Crippen molar-refractivity contribution in [1.82, 2.24) is 0 Å². The second-order valence-electron chi connectivity index (χ2n) is 5.43. The SMILES string of the molecule is CCOc1cc(NC(C)(CN)C2CC2)cc([N+](=O)[O-])c1. The van der Waals surface area contributed by atoms with Gasteiger partial charge in [0.05, 0.1) is 17.6 Å². The smallest absolute Gasteiger partial charge is 0.275 e. The first-order chi connectivity index (χ1) is 9.48. The normalized spacial score (nSPS) is 17.4. The fraction of sp³-hybridized carbons (Fsp3) is 0.571. The van der Waals surface area contributed by atoms with E-state index in [0.29, 0.717) is 30.5 Å². The van der Waals surface area contributed by atoms with Crippen molar-refractivity contribution in [1.29, 1.82) is 0 Å². The minimum absolute atomic E-state index is 0.0219. The molecule has 1 fully saturated rings. The van der Waals surface area contributed by atoms with Crippen LogP contribution in [-0.2, 0) is 0 Å². The van der Waals surface area contributed by atoms with Gasteiger partial charge in [-0.05, 0) is 32.6 Å². The Labute approximate surface area is 118 Å². The molecular formula is C14H21N3O3. The van der Waals surface area contributed by atoms with Crippen LogP contribution < -0.4 is 15.8 Å². The highest BCUT2D eigenvalue weighted by molar-refractivity contribution is 5.57. The molecule has 0 amide bonds. The number of non-ortho nitro benzene ring substituents is 1. The molecule has 1 unspecified atom stereocenters. The summed E-state index contributed by atoms with van der Waals surface area (Å²) in [5.74, 6) is 1.03. The van der Waals surface area contributed by atoms with Gasteiger partial charge in [0.15, 0.2) is 0 Å². The predicted octanol–water partition coefficient (Wildman–Crippen LogP) is 2.53. The van der Waals surface area contributed by atoms with E-state index in [0.717, 1.165) is 12.8 Å². The van der Waals surface area contributed by atoms with Crippen molar-refractivity contribution in [3.05, 3.63) is 28.3 Å². The number of ether oxygens (including phenoxy) is 1. The Hall–Kier alpha value is -1.82. The molecule has 110 valence electrons. The van der Waals surface area contributed by atoms with Gasteiger partial charge in [-0.3, -0.25) is 10.1 Å². The van der Waals surface area contributed by atoms with Gasteiger partial charge in [-0.1, -0.05) is 0 Å². The lowest BCUT2D eigenvalue weighted by Gasteiger charge is -2.30. The quantitative estimate of drug-likeness (QED) is 0.591. The molecule has 1 aromatic rings. The molecule has 0 bridgehead atoms. The van der Waals surface area contributed by atoms with Crippen molar-refractivity contribution in [3.8, 4) is 5.75 Å². The summed E-state index contributed by atoms with van der Waals surface area (Å²) in [4.78, 5) is 10.6. The van der Waals surface area contributed by atoms with Crippen LogP contribution in [0.25, 0.3) is 0 Å². The molecule has 0 aliphatic heterocycles. The molecule has 0 aromatic heterocycles. The molecule has 2 rings (SSSR count). The first-order valence-corrected chi connectivity index (χ1v) is 6.89. The summed E-state index contributed by atoms with van der Waals surface area (Å²) in [6, 6.07) is 4.75. The van der Waals surface area contributed by atoms with Crippen LogP contribution in [0.15, 0.2) is 18.2 Å². The topological polar surface area (TPSA) is 90.4 Å². The molecule has 6 heteroatoms. The van der Waals surface area contributed by atoms with Crippen LogP contribution in [0.3, 0.4) is 0 Å². The molecule has 0 radical (unpaired) electrons. The van der Waals surface area contributed by atoms with Gasteiger partial charge < -0.3 is 15.8 Å². The van der Waals surface area contributed by atoms with Crippen LogP contribution in [0.1, 0.15) is 26.7 Å². The van der Waals surface area contributed by atoms with E-state index in [4.69, 9.17) is 10.5 Å². The number of nitrogens with one attached hydrogen (secondary N) is 1. The predicted molar refractivity (Wildman–Crippen MR) is 78.1 cm³/mol. The summed E-state index contributed by atoms with van der Waals surface area (Å²) in [6.07, 6.45) is 2.29. The zero-order chi connectivity index (χ0) is 14.8. The molecule has 6 nitrogen and oxygen atoms in total. The average Bonchev–Trinajstić information content (AvgIpc) is 3.23. The molecule has 0 spiro atoms. The van der Waals surface area contributed by atoms with Gasteiger partial charge in [-0.15, -0.1) is 0 Å². The van der Waals surface area contributed by atoms with E-state index < -0.39 is 4.92 Å². The number of nitro benzene ring substituents is 1. The summed E-state index contributed by atoms with van der Waals surface area (Å²) in [6.45, 7) is 4.87. The molecule has 3 N–H and O–H groups in total. The summed E-state index contributed by atoms with van der Waals surface area (Å²) in [5, 5.41) is 14.3. The van der Waals surface area contributed by atoms with Crippen molar-refractivity contribution in [3.63, 3.8) is 0 Å². The van der Waals surface area contributed by atoms with Gasteiger partial charge >= 0.3 is 0 Å². The van der Waals surface area contributed by atoms with E-state index in [2.05, 4.69) is 12.2 Å². The second kappa shape index (κ2) is 5.66. The number of nitrogens with zero attached hydrogens (tertiary/aromatic N) is 1. The second-order valence-corrected chi connectivity index (χ2v) is 5.43. The summed E-state index contributed by atoms with van der Waals surface area (Å²) >= 11 is 0. The van der Waals surface area contributed by atoms with E-state index >= 15 is 0 Å². The summed E-state index contributed by atoms with van der Waals surface area (Å²) < 4.78 is 5.39. The number of anilines is 1. The van der Waals surface area contributed by atoms with Gasteiger partial charge in [0.25, 0.3) is 5.69 Å². The molecule has 0 heterocycles. The highest BCUT2D eigenvalue weighted by Crippen LogP contribution is 2.41. The number of benzene rings is 1. The molecular weight excluding hydrogens is 258 g/mol. The number of hydrogen-bond donors (Lipinski definition) is 2. The zero-order valence-electron chi connectivity index (χ0n) is 11.9. The molecule has 1 saturated carbocycles. The standard InChI is InChI=1S/C14H21N3O3/c1-3-20-13-7-11(6-12(8-13)17(18)19)16-14(2,9-15)10-4-5-10/h6-8,10,16H,3-5,9,15H2,1-2H3. The van der Waals surface area contributed by atoms with Crippen LogP contribution in [0, 0.1) is 16.0 Å². The van der Waals surface area contributed by atoms with Crippen LogP contribution in [-0.4, -0.2) is 23.6 Å². The maximum atomic E-state index is 11.0. The monoisotopic (exact) mass is 279 g/mol. The summed E-state index contributed by atoms with van der Waals surface area (Å²) in [5.41, 5.74) is 6.34. The van der Waals surface area contributed by atoms with Gasteiger partial charge in [0.2, 0.25) is 0 Å². The minimum Gasteiger partial charge on any atom is -0.494 e. The van der Waals surface area contributed by atoms with Gasteiger partial charge in [0.1, 0.15) is 5.75 Å². The number of rotatable bonds is 7. The maximum absolute atomic E-state index is 11.0. The molecule has 1 atom stereocenters. The average molecular weight is 279 g/mol. The van der Waals surface area contributed by atoms with Crippen molar-refractivity contribution in [2.75, 3.05) is 18.5 Å². The Balaban J connectivity index is 2.27. The van der Waals surface area contributed by atoms with Gasteiger partial charge in [-0.2, -0.15) is 0 Å². The molecule has 1 aliphatic carbocycles. The number of nitrogens with two attached hydrogens (primary N) is 1. The van der Waals surface area contributed by atoms with Crippen LogP contribution in [0.4, 0.5) is 11.4 Å². The number of nitro groups is 1. The first-order valence-electron chi connectivity index (χ1n) is 6.89. The Morgan fingerprint density at radius 2 is 2.20 bits per heavy atom. The number of hydrogen-bond acceptors (Lipinski definition) is 5. The Morgan fingerprint density at radius 3 is 2.70 bits per heavy atom. The van der Waals surface area contributed by atoms with Gasteiger partial charge in [0, 0.05) is 29.9 Å². The minimum atomic E-state index is -0.412. The molecule has 20 heavy (non-hydrogen) atoms. The third kappa shape index (κ3) is 3.19. The fourth-order valence-electron chi connectivity index (χ4n) is 2.38. The van der Waals surface area contributed by atoms with Crippen molar-refractivity contribution >= 4 is 11.4 Å². The fourth-order valence-corrected chi connectivity index (χ4v) is 2.38. The lowest BCUT2D eigenvalue weighted by molar-refractivity contribution is -0.384. The van der Waals surface area contributed by atoms with Crippen molar-refractivity contribution in [2.45, 2.75) is 32.2 Å². The lowest BCUT2D eigenvalue weighted by Crippen LogP contribution is -2.44. The third-order valence-electron chi connectivity index (χ3n) is 3.75. The van der Waals surface area contributed by atoms with Crippen molar-refractivity contribution in [2.24, 2.45) is 11.7 Å². The maximum Gasteiger partial charge on any atom is 0.275 e. The van der Waals surface area contributed by atoms with E-state index in [1.165, 1.54) is 12.1 Å². The Morgan fingerprint density at radius 1 is 1.50 bits per heavy atom. The van der Waals surface area contributed by atoms with Crippen LogP contribution in [0.5, 0.6) is 5.75 Å². The first kappa shape index (κ1) is 14.6. The highest BCUT2D eigenvalue weighted by atomic mass is 16.6. The highest BCUT2D eigenvalue weighted by Gasteiger charge is 2.40. The third-order valence-corrected chi connectivity index (χ3v) is 3.75. The largest absolute Gasteiger partial charge is 0.494 e. The van der Waals surface area contributed by atoms with Crippen LogP contribution >= 0.6 is 0 Å². The molecule has 1 aliphatic rings. The zero-order valence-corrected chi connectivity index (χ0v) is 11.9. The lowest BCUT2D eigenvalue weighted by atomic mass is 9.95. The summed E-state index contributed by atoms with van der Waals surface area (Å²) in [7, 11) is 0. The van der Waals surface area contributed by atoms with E-state index in [1.54, 1.807) is 6.07 Å². The van der Waals surface area contributed by atoms with Crippen molar-refractivity contribution < 1.29 is 9.66 Å². The van der Waals surface area contributed by atoms with Gasteiger partial charge in [-0.25, -0.2) is 0 Å². The Bertz CT molecular complexity index is 502. The molecule has 0 saturated heterocycles. The van der Waals surface area contributed by atoms with E-state index in [1.807, 2.05) is 6.92 Å². The Kier molecular flexibility index (Phi) is 4.13.